The summed E-state index contributed by atoms with van der Waals surface area (Å²) >= 11 is 0. The molecule has 0 aromatic heterocycles. The second-order valence-corrected chi connectivity index (χ2v) is 4.51. The quantitative estimate of drug-likeness (QED) is 0.729. The molecule has 0 saturated carbocycles. The fraction of sp³-hybridized carbons (Fsp3) is 0.250. The Kier molecular flexibility index (Phi) is 3.22. The van der Waals surface area contributed by atoms with Gasteiger partial charge in [0.1, 0.15) is 0 Å². The number of hydrogen-bond acceptors (Lipinski definition) is 3. The van der Waals surface area contributed by atoms with Crippen LogP contribution in [-0.4, -0.2) is 17.1 Å². The van der Waals surface area contributed by atoms with Crippen molar-refractivity contribution in [1.29, 1.82) is 0 Å². The molecule has 0 fully saturated rings. The molecule has 1 rings (SSSR count). The van der Waals surface area contributed by atoms with E-state index in [1.807, 2.05) is 0 Å². The Morgan fingerprint density at radius 1 is 1.38 bits per heavy atom. The van der Waals surface area contributed by atoms with Gasteiger partial charge in [-0.15, -0.1) is 0 Å². The van der Waals surface area contributed by atoms with Crippen molar-refractivity contribution in [2.24, 2.45) is 0 Å². The van der Waals surface area contributed by atoms with Gasteiger partial charge in [-0.2, -0.15) is 0 Å². The van der Waals surface area contributed by atoms with Crippen molar-refractivity contribution in [2.75, 3.05) is 7.11 Å². The first kappa shape index (κ1) is 10.4. The average molecular weight is 202 g/mol. The van der Waals surface area contributed by atoms with Crippen LogP contribution in [0.5, 0.6) is 0 Å². The molecule has 2 N–H and O–H groups in total. The lowest BCUT2D eigenvalue weighted by Crippen LogP contribution is -1.99. The molecule has 0 spiro atoms. The Morgan fingerprint density at radius 2 is 1.92 bits per heavy atom. The molecule has 0 aliphatic heterocycles. The first-order valence-corrected chi connectivity index (χ1v) is 5.34. The van der Waals surface area contributed by atoms with Crippen LogP contribution in [-0.2, 0) is 9.09 Å². The van der Waals surface area contributed by atoms with Gasteiger partial charge in [-0.1, -0.05) is 30.3 Å². The first-order valence-electron chi connectivity index (χ1n) is 3.69. The molecule has 5 heteroatoms. The maximum absolute atomic E-state index is 11.2. The van der Waals surface area contributed by atoms with E-state index in [2.05, 4.69) is 4.52 Å². The number of benzene rings is 1. The van der Waals surface area contributed by atoms with E-state index in [0.29, 0.717) is 5.56 Å². The van der Waals surface area contributed by atoms with Crippen molar-refractivity contribution in [3.63, 3.8) is 0 Å². The smallest absolute Gasteiger partial charge is 0.360 e. The third-order valence-electron chi connectivity index (χ3n) is 1.67. The molecule has 13 heavy (non-hydrogen) atoms. The molecule has 0 amide bonds. The van der Waals surface area contributed by atoms with Gasteiger partial charge in [0.2, 0.25) is 0 Å². The van der Waals surface area contributed by atoms with Gasteiger partial charge in [-0.25, -0.2) is 0 Å². The highest BCUT2D eigenvalue weighted by Crippen LogP contribution is 2.53. The Labute approximate surface area is 76.3 Å². The van der Waals surface area contributed by atoms with Gasteiger partial charge < -0.3 is 14.5 Å². The van der Waals surface area contributed by atoms with Crippen LogP contribution in [0.2, 0.25) is 0 Å². The minimum absolute atomic E-state index is 0.371. The highest BCUT2D eigenvalue weighted by Gasteiger charge is 2.30. The van der Waals surface area contributed by atoms with Crippen molar-refractivity contribution in [3.05, 3.63) is 35.9 Å². The van der Waals surface area contributed by atoms with E-state index in [-0.39, 0.29) is 0 Å². The molecule has 1 unspecified atom stereocenters. The molecule has 1 aromatic carbocycles. The molecule has 72 valence electrons. The van der Waals surface area contributed by atoms with Crippen LogP contribution in [0.25, 0.3) is 0 Å². The zero-order valence-electron chi connectivity index (χ0n) is 7.12. The third kappa shape index (κ3) is 2.39. The van der Waals surface area contributed by atoms with Crippen LogP contribution in [0.15, 0.2) is 30.3 Å². The minimum Gasteiger partial charge on any atom is -0.376 e. The fourth-order valence-corrected chi connectivity index (χ4v) is 1.66. The second-order valence-electron chi connectivity index (χ2n) is 2.53. The lowest BCUT2D eigenvalue weighted by atomic mass is 10.2. The molecule has 0 aliphatic carbocycles. The summed E-state index contributed by atoms with van der Waals surface area (Å²) in [6.07, 6.45) is 0. The standard InChI is InChI=1S/C8H11O4P/c1-12-13(10,11)8(9)7-5-3-2-4-6-7/h2-6,8-9H,1H3,(H,10,11)/t8-/m0/s1. The van der Waals surface area contributed by atoms with Crippen LogP contribution in [0.1, 0.15) is 11.4 Å². The van der Waals surface area contributed by atoms with Crippen LogP contribution >= 0.6 is 7.60 Å². The van der Waals surface area contributed by atoms with E-state index in [1.54, 1.807) is 30.3 Å². The molecule has 4 nitrogen and oxygen atoms in total. The van der Waals surface area contributed by atoms with Crippen LogP contribution in [0.4, 0.5) is 0 Å². The van der Waals surface area contributed by atoms with Gasteiger partial charge in [-0.05, 0) is 5.56 Å². The van der Waals surface area contributed by atoms with E-state index < -0.39 is 13.4 Å². The Morgan fingerprint density at radius 3 is 2.38 bits per heavy atom. The van der Waals surface area contributed by atoms with Gasteiger partial charge in [0.05, 0.1) is 0 Å². The van der Waals surface area contributed by atoms with Crippen LogP contribution < -0.4 is 0 Å². The van der Waals surface area contributed by atoms with Gasteiger partial charge in [0.15, 0.2) is 5.85 Å². The summed E-state index contributed by atoms with van der Waals surface area (Å²) in [5.74, 6) is -1.47. The molecule has 0 aliphatic rings. The Bertz CT molecular complexity index is 311. The van der Waals surface area contributed by atoms with Gasteiger partial charge in [0, 0.05) is 7.11 Å². The van der Waals surface area contributed by atoms with Crippen molar-refractivity contribution in [1.82, 2.24) is 0 Å². The van der Waals surface area contributed by atoms with Gasteiger partial charge in [0.25, 0.3) is 0 Å². The Balaban J connectivity index is 2.92. The SMILES string of the molecule is COP(=O)(O)[C@H](O)c1ccccc1. The lowest BCUT2D eigenvalue weighted by molar-refractivity contribution is 0.191. The molecular formula is C8H11O4P. The molecular weight excluding hydrogens is 191 g/mol. The van der Waals surface area contributed by atoms with E-state index >= 15 is 0 Å². The summed E-state index contributed by atoms with van der Waals surface area (Å²) in [4.78, 5) is 9.13. The molecule has 0 radical (unpaired) electrons. The number of aliphatic hydroxyl groups is 1. The van der Waals surface area contributed by atoms with Crippen LogP contribution in [0.3, 0.4) is 0 Å². The topological polar surface area (TPSA) is 66.8 Å². The zero-order chi connectivity index (χ0) is 9.90. The normalized spacial score (nSPS) is 17.8. The zero-order valence-corrected chi connectivity index (χ0v) is 8.02. The predicted octanol–water partition coefficient (Wildman–Crippen LogP) is 1.51. The monoisotopic (exact) mass is 202 g/mol. The Hall–Kier alpha value is -0.670. The van der Waals surface area contributed by atoms with Crippen molar-refractivity contribution in [2.45, 2.75) is 5.85 Å². The summed E-state index contributed by atoms with van der Waals surface area (Å²) in [6.45, 7) is 0. The van der Waals surface area contributed by atoms with Gasteiger partial charge in [-0.3, -0.25) is 4.57 Å². The predicted molar refractivity (Wildman–Crippen MR) is 48.2 cm³/mol. The molecule has 0 bridgehead atoms. The van der Waals surface area contributed by atoms with E-state index in [1.165, 1.54) is 0 Å². The average Bonchev–Trinajstić information content (AvgIpc) is 2.18. The first-order chi connectivity index (χ1) is 6.08. The van der Waals surface area contributed by atoms with E-state index in [9.17, 15) is 9.67 Å². The third-order valence-corrected chi connectivity index (χ3v) is 3.11. The number of rotatable bonds is 3. The largest absolute Gasteiger partial charge is 0.376 e. The summed E-state index contributed by atoms with van der Waals surface area (Å²) in [7, 11) is -2.84. The number of hydrogen-bond donors (Lipinski definition) is 2. The molecule has 0 heterocycles. The van der Waals surface area contributed by atoms with Crippen molar-refractivity contribution in [3.8, 4) is 0 Å². The molecule has 1 aromatic rings. The van der Waals surface area contributed by atoms with E-state index in [4.69, 9.17) is 4.89 Å². The summed E-state index contributed by atoms with van der Waals surface area (Å²) in [5, 5.41) is 9.41. The summed E-state index contributed by atoms with van der Waals surface area (Å²) in [6, 6.07) is 8.23. The molecule has 0 saturated heterocycles. The van der Waals surface area contributed by atoms with Gasteiger partial charge >= 0.3 is 7.60 Å². The minimum atomic E-state index is -3.93. The van der Waals surface area contributed by atoms with Crippen molar-refractivity contribution >= 4 is 7.60 Å². The highest BCUT2D eigenvalue weighted by molar-refractivity contribution is 7.52. The van der Waals surface area contributed by atoms with Crippen molar-refractivity contribution < 1.29 is 19.1 Å². The summed E-state index contributed by atoms with van der Waals surface area (Å²) in [5.41, 5.74) is 0.371. The second kappa shape index (κ2) is 4.03. The van der Waals surface area contributed by atoms with E-state index in [0.717, 1.165) is 7.11 Å². The fourth-order valence-electron chi connectivity index (χ4n) is 0.913. The number of aliphatic hydroxyl groups excluding tert-OH is 1. The lowest BCUT2D eigenvalue weighted by Gasteiger charge is -2.15. The maximum atomic E-state index is 11.2. The van der Waals surface area contributed by atoms with Crippen LogP contribution in [0, 0.1) is 0 Å². The highest BCUT2D eigenvalue weighted by atomic mass is 31.2. The maximum Gasteiger partial charge on any atom is 0.360 e. The summed E-state index contributed by atoms with van der Waals surface area (Å²) < 4.78 is 15.5. The molecule has 2 atom stereocenters.